The largest absolute Gasteiger partial charge is 0.372 e. The van der Waals surface area contributed by atoms with Crippen molar-refractivity contribution >= 4 is 5.78 Å². The molecule has 0 N–H and O–H groups in total. The number of likely N-dealkylation sites (N-methyl/N-ethyl adjacent to an activating group) is 1. The molecule has 0 aromatic heterocycles. The van der Waals surface area contributed by atoms with E-state index < -0.39 is 0 Å². The summed E-state index contributed by atoms with van der Waals surface area (Å²) in [5.41, 5.74) is 0. The Labute approximate surface area is 61.0 Å². The van der Waals surface area contributed by atoms with Crippen LogP contribution in [0.1, 0.15) is 6.42 Å². The molecule has 0 radical (unpaired) electrons. The molecule has 3 nitrogen and oxygen atoms in total. The number of hydrogen-bond donors (Lipinski definition) is 0. The van der Waals surface area contributed by atoms with E-state index in [1.54, 1.807) is 7.11 Å². The molecule has 0 aromatic carbocycles. The van der Waals surface area contributed by atoms with Crippen LogP contribution in [0.2, 0.25) is 0 Å². The maximum atomic E-state index is 11.0. The second-order valence-corrected chi connectivity index (χ2v) is 2.70. The van der Waals surface area contributed by atoms with E-state index in [9.17, 15) is 4.79 Å². The van der Waals surface area contributed by atoms with Gasteiger partial charge in [-0.3, -0.25) is 4.79 Å². The van der Waals surface area contributed by atoms with Gasteiger partial charge in [0.1, 0.15) is 6.10 Å². The maximum Gasteiger partial charge on any atom is 0.164 e. The molecule has 1 heterocycles. The van der Waals surface area contributed by atoms with E-state index in [0.717, 1.165) is 13.1 Å². The van der Waals surface area contributed by atoms with Crippen LogP contribution >= 0.6 is 0 Å². The van der Waals surface area contributed by atoms with E-state index in [1.165, 1.54) is 0 Å². The zero-order chi connectivity index (χ0) is 7.56. The molecule has 1 rings (SSSR count). The van der Waals surface area contributed by atoms with Gasteiger partial charge in [0.2, 0.25) is 0 Å². The molecule has 0 saturated carbocycles. The highest BCUT2D eigenvalue weighted by molar-refractivity contribution is 5.84. The van der Waals surface area contributed by atoms with E-state index in [4.69, 9.17) is 4.74 Å². The number of piperidine rings is 1. The number of hydrogen-bond acceptors (Lipinski definition) is 3. The molecule has 0 amide bonds. The third-order valence-corrected chi connectivity index (χ3v) is 1.86. The van der Waals surface area contributed by atoms with E-state index in [-0.39, 0.29) is 11.9 Å². The van der Waals surface area contributed by atoms with Crippen molar-refractivity contribution in [2.45, 2.75) is 12.5 Å². The minimum Gasteiger partial charge on any atom is -0.372 e. The summed E-state index contributed by atoms with van der Waals surface area (Å²) in [5, 5.41) is 0. The highest BCUT2D eigenvalue weighted by atomic mass is 16.5. The summed E-state index contributed by atoms with van der Waals surface area (Å²) < 4.78 is 4.98. The number of likely N-dealkylation sites (tertiary alicyclic amines) is 1. The Kier molecular flexibility index (Phi) is 2.40. The van der Waals surface area contributed by atoms with Crippen molar-refractivity contribution in [3.63, 3.8) is 0 Å². The van der Waals surface area contributed by atoms with E-state index >= 15 is 0 Å². The molecule has 58 valence electrons. The Morgan fingerprint density at radius 1 is 1.70 bits per heavy atom. The molecule has 0 aromatic rings. The Balaban J connectivity index is 2.45. The number of methoxy groups -OCH3 is 1. The first-order valence-corrected chi connectivity index (χ1v) is 3.48. The fourth-order valence-corrected chi connectivity index (χ4v) is 1.14. The molecule has 0 spiro atoms. The SMILES string of the molecule is COC1CN(C)CCC1=O. The molecule has 1 unspecified atom stereocenters. The van der Waals surface area contributed by atoms with Crippen LogP contribution in [0.15, 0.2) is 0 Å². The van der Waals surface area contributed by atoms with Crippen molar-refractivity contribution in [1.82, 2.24) is 4.90 Å². The lowest BCUT2D eigenvalue weighted by molar-refractivity contribution is -0.133. The van der Waals surface area contributed by atoms with Gasteiger partial charge in [0.25, 0.3) is 0 Å². The molecule has 0 aliphatic carbocycles. The van der Waals surface area contributed by atoms with Gasteiger partial charge in [-0.05, 0) is 7.05 Å². The van der Waals surface area contributed by atoms with Crippen LogP contribution in [-0.2, 0) is 9.53 Å². The lowest BCUT2D eigenvalue weighted by Gasteiger charge is -2.27. The Bertz CT molecular complexity index is 136. The smallest absolute Gasteiger partial charge is 0.164 e. The fraction of sp³-hybridized carbons (Fsp3) is 0.857. The quantitative estimate of drug-likeness (QED) is 0.513. The van der Waals surface area contributed by atoms with Crippen molar-refractivity contribution in [1.29, 1.82) is 0 Å². The second kappa shape index (κ2) is 3.12. The predicted octanol–water partition coefficient (Wildman–Crippen LogP) is -0.0940. The van der Waals surface area contributed by atoms with Gasteiger partial charge >= 0.3 is 0 Å². The molecule has 3 heteroatoms. The minimum absolute atomic E-state index is 0.182. The standard InChI is InChI=1S/C7H13NO2/c1-8-4-3-6(9)7(5-8)10-2/h7H,3-5H2,1-2H3. The summed E-state index contributed by atoms with van der Waals surface area (Å²) in [5.74, 6) is 0.237. The van der Waals surface area contributed by atoms with Gasteiger partial charge in [-0.15, -0.1) is 0 Å². The lowest BCUT2D eigenvalue weighted by atomic mass is 10.1. The number of carbonyl (C=O) groups is 1. The molecular formula is C7H13NO2. The number of nitrogens with zero attached hydrogens (tertiary/aromatic N) is 1. The average Bonchev–Trinajstić information content (AvgIpc) is 1.94. The zero-order valence-electron chi connectivity index (χ0n) is 6.46. The average molecular weight is 143 g/mol. The third-order valence-electron chi connectivity index (χ3n) is 1.86. The number of Topliss-reactive ketones (excluding diaryl/α,β-unsaturated/α-hetero) is 1. The number of carbonyl (C=O) groups excluding carboxylic acids is 1. The van der Waals surface area contributed by atoms with Crippen molar-refractivity contribution in [2.75, 3.05) is 27.2 Å². The first kappa shape index (κ1) is 7.69. The number of ketones is 1. The van der Waals surface area contributed by atoms with Gasteiger partial charge in [-0.2, -0.15) is 0 Å². The van der Waals surface area contributed by atoms with Crippen LogP contribution in [-0.4, -0.2) is 44.0 Å². The first-order chi connectivity index (χ1) is 4.74. The summed E-state index contributed by atoms with van der Waals surface area (Å²) in [6, 6.07) is 0. The molecule has 1 aliphatic heterocycles. The summed E-state index contributed by atoms with van der Waals surface area (Å²) in [6.45, 7) is 1.62. The lowest BCUT2D eigenvalue weighted by Crippen LogP contribution is -2.43. The van der Waals surface area contributed by atoms with Crippen molar-refractivity contribution in [2.24, 2.45) is 0 Å². The maximum absolute atomic E-state index is 11.0. The summed E-state index contributed by atoms with van der Waals surface area (Å²) in [7, 11) is 3.58. The van der Waals surface area contributed by atoms with Crippen LogP contribution in [0.4, 0.5) is 0 Å². The highest BCUT2D eigenvalue weighted by Gasteiger charge is 2.24. The fourth-order valence-electron chi connectivity index (χ4n) is 1.14. The van der Waals surface area contributed by atoms with Gasteiger partial charge in [0, 0.05) is 26.6 Å². The second-order valence-electron chi connectivity index (χ2n) is 2.70. The van der Waals surface area contributed by atoms with Gasteiger partial charge < -0.3 is 9.64 Å². The summed E-state index contributed by atoms with van der Waals surface area (Å²) >= 11 is 0. The highest BCUT2D eigenvalue weighted by Crippen LogP contribution is 2.06. The molecule has 0 bridgehead atoms. The first-order valence-electron chi connectivity index (χ1n) is 3.48. The van der Waals surface area contributed by atoms with Gasteiger partial charge in [0.15, 0.2) is 5.78 Å². The topological polar surface area (TPSA) is 29.5 Å². The minimum atomic E-state index is -0.182. The Hall–Kier alpha value is -0.410. The van der Waals surface area contributed by atoms with E-state index in [0.29, 0.717) is 6.42 Å². The van der Waals surface area contributed by atoms with Crippen LogP contribution < -0.4 is 0 Å². The Morgan fingerprint density at radius 2 is 2.40 bits per heavy atom. The van der Waals surface area contributed by atoms with Crippen LogP contribution in [0.3, 0.4) is 0 Å². The summed E-state index contributed by atoms with van der Waals surface area (Å²) in [6.07, 6.45) is 0.452. The van der Waals surface area contributed by atoms with Gasteiger partial charge in [0.05, 0.1) is 0 Å². The van der Waals surface area contributed by atoms with Gasteiger partial charge in [-0.1, -0.05) is 0 Å². The third kappa shape index (κ3) is 1.55. The van der Waals surface area contributed by atoms with Crippen molar-refractivity contribution in [3.8, 4) is 0 Å². The van der Waals surface area contributed by atoms with E-state index in [1.807, 2.05) is 7.05 Å². The van der Waals surface area contributed by atoms with Crippen LogP contribution in [0, 0.1) is 0 Å². The molecule has 10 heavy (non-hydrogen) atoms. The number of rotatable bonds is 1. The molecular weight excluding hydrogens is 130 g/mol. The summed E-state index contributed by atoms with van der Waals surface area (Å²) in [4.78, 5) is 13.1. The Morgan fingerprint density at radius 3 is 2.90 bits per heavy atom. The monoisotopic (exact) mass is 143 g/mol. The molecule has 1 aliphatic rings. The van der Waals surface area contributed by atoms with Crippen LogP contribution in [0.25, 0.3) is 0 Å². The predicted molar refractivity (Wildman–Crippen MR) is 37.9 cm³/mol. The molecule has 1 atom stereocenters. The van der Waals surface area contributed by atoms with Crippen molar-refractivity contribution < 1.29 is 9.53 Å². The van der Waals surface area contributed by atoms with Crippen LogP contribution in [0.5, 0.6) is 0 Å². The number of ether oxygens (including phenoxy) is 1. The van der Waals surface area contributed by atoms with Crippen molar-refractivity contribution in [3.05, 3.63) is 0 Å². The van der Waals surface area contributed by atoms with Gasteiger partial charge in [-0.25, -0.2) is 0 Å². The molecule has 1 fully saturated rings. The normalized spacial score (nSPS) is 29.0. The molecule has 1 saturated heterocycles. The zero-order valence-corrected chi connectivity index (χ0v) is 6.46. The van der Waals surface area contributed by atoms with E-state index in [2.05, 4.69) is 4.90 Å².